The molecule has 3 aromatic rings. The summed E-state index contributed by atoms with van der Waals surface area (Å²) in [5.74, 6) is -0.0876. The van der Waals surface area contributed by atoms with Crippen LogP contribution in [-0.4, -0.2) is 47.9 Å². The van der Waals surface area contributed by atoms with Gasteiger partial charge >= 0.3 is 6.03 Å². The number of nitrogens with zero attached hydrogens (tertiary/aromatic N) is 2. The Labute approximate surface area is 214 Å². The first-order valence-electron chi connectivity index (χ1n) is 11.9. The van der Waals surface area contributed by atoms with E-state index in [4.69, 9.17) is 0 Å². The van der Waals surface area contributed by atoms with Gasteiger partial charge in [-0.1, -0.05) is 52.3 Å². The van der Waals surface area contributed by atoms with E-state index in [0.717, 1.165) is 36.1 Å². The highest BCUT2D eigenvalue weighted by Crippen LogP contribution is 2.31. The van der Waals surface area contributed by atoms with Crippen LogP contribution in [0.5, 0.6) is 0 Å². The van der Waals surface area contributed by atoms with Crippen LogP contribution in [0.4, 0.5) is 16.2 Å². The molecule has 35 heavy (non-hydrogen) atoms. The van der Waals surface area contributed by atoms with Gasteiger partial charge in [-0.3, -0.25) is 4.79 Å². The van der Waals surface area contributed by atoms with Crippen LogP contribution in [0.15, 0.2) is 77.3 Å². The number of likely N-dealkylation sites (tertiary alicyclic amines) is 1. The lowest BCUT2D eigenvalue weighted by Crippen LogP contribution is -2.65. The van der Waals surface area contributed by atoms with Crippen molar-refractivity contribution in [3.05, 3.63) is 94.0 Å². The van der Waals surface area contributed by atoms with E-state index in [1.807, 2.05) is 48.5 Å². The number of amides is 3. The first-order valence-corrected chi connectivity index (χ1v) is 12.7. The van der Waals surface area contributed by atoms with E-state index in [1.54, 1.807) is 4.90 Å². The Kier molecular flexibility index (Phi) is 6.88. The molecule has 6 nitrogen and oxygen atoms in total. The van der Waals surface area contributed by atoms with Gasteiger partial charge in [-0.2, -0.15) is 0 Å². The fourth-order valence-electron chi connectivity index (χ4n) is 4.96. The minimum absolute atomic E-state index is 0.0549. The van der Waals surface area contributed by atoms with Crippen LogP contribution in [0.2, 0.25) is 0 Å². The summed E-state index contributed by atoms with van der Waals surface area (Å²) in [6.45, 7) is 2.47. The summed E-state index contributed by atoms with van der Waals surface area (Å²) in [4.78, 5) is 30.5. The molecule has 1 fully saturated rings. The van der Waals surface area contributed by atoms with E-state index in [1.165, 1.54) is 16.7 Å². The summed E-state index contributed by atoms with van der Waals surface area (Å²) in [7, 11) is 2.12. The fourth-order valence-corrected chi connectivity index (χ4v) is 5.22. The number of fused-ring (bicyclic) bond motifs is 1. The molecule has 180 valence electrons. The summed E-state index contributed by atoms with van der Waals surface area (Å²) in [5.41, 5.74) is 5.24. The standard InChI is InChI=1S/C28H29BrN4O2/c1-32-14-13-20-16-25(10-7-21(20)17-32)30-27(34)26-22(15-19-5-3-2-4-6-19)18-33(26)28(35)31-24-11-8-23(29)9-12-24/h2-12,16,22,26H,13-15,17-18H2,1H3,(H,30,34)(H,31,35)/t22-,26?/m0/s1. The largest absolute Gasteiger partial charge is 0.324 e. The molecule has 3 aromatic carbocycles. The lowest BCUT2D eigenvalue weighted by atomic mass is 9.83. The average molecular weight is 533 g/mol. The van der Waals surface area contributed by atoms with E-state index in [9.17, 15) is 9.59 Å². The van der Waals surface area contributed by atoms with Crippen LogP contribution in [0.25, 0.3) is 0 Å². The second-order valence-corrected chi connectivity index (χ2v) is 10.4. The second-order valence-electron chi connectivity index (χ2n) is 9.44. The Morgan fingerprint density at radius 3 is 2.46 bits per heavy atom. The topological polar surface area (TPSA) is 64.7 Å². The number of rotatable bonds is 5. The Morgan fingerprint density at radius 2 is 1.69 bits per heavy atom. The first kappa shape index (κ1) is 23.6. The third kappa shape index (κ3) is 5.41. The van der Waals surface area contributed by atoms with Gasteiger partial charge in [0.25, 0.3) is 0 Å². The summed E-state index contributed by atoms with van der Waals surface area (Å²) < 4.78 is 0.941. The number of carbonyl (C=O) groups is 2. The minimum Gasteiger partial charge on any atom is -0.324 e. The number of benzene rings is 3. The number of urea groups is 1. The number of nitrogens with one attached hydrogen (secondary N) is 2. The maximum atomic E-state index is 13.5. The van der Waals surface area contributed by atoms with Crippen molar-refractivity contribution >= 4 is 39.2 Å². The van der Waals surface area contributed by atoms with Crippen molar-refractivity contribution in [2.45, 2.75) is 25.4 Å². The van der Waals surface area contributed by atoms with E-state index in [2.05, 4.69) is 62.8 Å². The van der Waals surface area contributed by atoms with Crippen molar-refractivity contribution in [3.8, 4) is 0 Å². The average Bonchev–Trinajstić information content (AvgIpc) is 2.83. The highest BCUT2D eigenvalue weighted by atomic mass is 79.9. The predicted octanol–water partition coefficient (Wildman–Crippen LogP) is 5.15. The van der Waals surface area contributed by atoms with Gasteiger partial charge in [0.15, 0.2) is 0 Å². The molecule has 7 heteroatoms. The van der Waals surface area contributed by atoms with Crippen LogP contribution in [0.1, 0.15) is 16.7 Å². The van der Waals surface area contributed by atoms with Gasteiger partial charge in [-0.15, -0.1) is 0 Å². The zero-order chi connectivity index (χ0) is 24.4. The molecule has 0 aliphatic carbocycles. The molecule has 0 radical (unpaired) electrons. The van der Waals surface area contributed by atoms with Crippen molar-refractivity contribution in [1.29, 1.82) is 0 Å². The zero-order valence-corrected chi connectivity index (χ0v) is 21.3. The number of hydrogen-bond acceptors (Lipinski definition) is 3. The van der Waals surface area contributed by atoms with E-state index >= 15 is 0 Å². The Hall–Kier alpha value is -3.16. The SMILES string of the molecule is CN1CCc2cc(NC(=O)C3[C@@H](Cc4ccccc4)CN3C(=O)Nc3ccc(Br)cc3)ccc2C1. The molecule has 0 aromatic heterocycles. The third-order valence-corrected chi connectivity index (χ3v) is 7.38. The minimum atomic E-state index is -0.534. The Morgan fingerprint density at radius 1 is 0.943 bits per heavy atom. The van der Waals surface area contributed by atoms with Gasteiger partial charge in [0.1, 0.15) is 6.04 Å². The molecule has 0 bridgehead atoms. The molecule has 0 saturated carbocycles. The molecule has 3 amide bonds. The highest BCUT2D eigenvalue weighted by Gasteiger charge is 2.46. The van der Waals surface area contributed by atoms with E-state index < -0.39 is 6.04 Å². The van der Waals surface area contributed by atoms with Gasteiger partial charge in [0.05, 0.1) is 0 Å². The van der Waals surface area contributed by atoms with Gasteiger partial charge in [0.2, 0.25) is 5.91 Å². The lowest BCUT2D eigenvalue weighted by molar-refractivity contribution is -0.127. The maximum absolute atomic E-state index is 13.5. The van der Waals surface area contributed by atoms with Crippen LogP contribution < -0.4 is 10.6 Å². The van der Waals surface area contributed by atoms with Crippen molar-refractivity contribution in [1.82, 2.24) is 9.80 Å². The molecule has 2 atom stereocenters. The van der Waals surface area contributed by atoms with Crippen molar-refractivity contribution in [2.75, 3.05) is 30.8 Å². The van der Waals surface area contributed by atoms with E-state index in [0.29, 0.717) is 12.2 Å². The predicted molar refractivity (Wildman–Crippen MR) is 142 cm³/mol. The summed E-state index contributed by atoms with van der Waals surface area (Å²) in [5, 5.41) is 6.03. The molecule has 2 N–H and O–H groups in total. The number of halogens is 1. The molecule has 2 aliphatic rings. The van der Waals surface area contributed by atoms with Gasteiger partial charge in [0, 0.05) is 41.4 Å². The van der Waals surface area contributed by atoms with Gasteiger partial charge in [-0.05, 0) is 73.0 Å². The number of likely N-dealkylation sites (N-methyl/N-ethyl adjacent to an activating group) is 1. The van der Waals surface area contributed by atoms with Crippen molar-refractivity contribution in [2.24, 2.45) is 5.92 Å². The lowest BCUT2D eigenvalue weighted by Gasteiger charge is -2.46. The Bertz CT molecular complexity index is 1220. The molecule has 2 heterocycles. The molecule has 1 saturated heterocycles. The van der Waals surface area contributed by atoms with E-state index in [-0.39, 0.29) is 17.9 Å². The molecular formula is C28H29BrN4O2. The third-order valence-electron chi connectivity index (χ3n) is 6.86. The highest BCUT2D eigenvalue weighted by molar-refractivity contribution is 9.10. The molecule has 1 unspecified atom stereocenters. The summed E-state index contributed by atoms with van der Waals surface area (Å²) in [6, 6.07) is 22.9. The monoisotopic (exact) mass is 532 g/mol. The quantitative estimate of drug-likeness (QED) is 0.477. The van der Waals surface area contributed by atoms with Gasteiger partial charge < -0.3 is 20.4 Å². The van der Waals surface area contributed by atoms with Crippen LogP contribution in [-0.2, 0) is 24.2 Å². The molecule has 2 aliphatic heterocycles. The number of carbonyl (C=O) groups excluding carboxylic acids is 2. The maximum Gasteiger partial charge on any atom is 0.322 e. The molecular weight excluding hydrogens is 504 g/mol. The van der Waals surface area contributed by atoms with Crippen LogP contribution in [0, 0.1) is 5.92 Å². The number of anilines is 2. The van der Waals surface area contributed by atoms with Crippen molar-refractivity contribution in [3.63, 3.8) is 0 Å². The Balaban J connectivity index is 1.32. The molecule has 0 spiro atoms. The smallest absolute Gasteiger partial charge is 0.322 e. The second kappa shape index (κ2) is 10.2. The van der Waals surface area contributed by atoms with Crippen molar-refractivity contribution < 1.29 is 9.59 Å². The number of hydrogen-bond donors (Lipinski definition) is 2. The summed E-state index contributed by atoms with van der Waals surface area (Å²) >= 11 is 3.41. The zero-order valence-electron chi connectivity index (χ0n) is 19.7. The van der Waals surface area contributed by atoms with Crippen LogP contribution >= 0.6 is 15.9 Å². The summed E-state index contributed by atoms with van der Waals surface area (Å²) in [6.07, 6.45) is 1.72. The molecule has 5 rings (SSSR count). The van der Waals surface area contributed by atoms with Gasteiger partial charge in [-0.25, -0.2) is 4.79 Å². The first-order chi connectivity index (χ1) is 17.0. The normalized spacial score (nSPS) is 19.4. The fraction of sp³-hybridized carbons (Fsp3) is 0.286. The van der Waals surface area contributed by atoms with Crippen LogP contribution in [0.3, 0.4) is 0 Å².